The second kappa shape index (κ2) is 4.66. The topological polar surface area (TPSA) is 106 Å². The van der Waals surface area contributed by atoms with Crippen LogP contribution < -0.4 is 11.5 Å². The van der Waals surface area contributed by atoms with Gasteiger partial charge in [-0.2, -0.15) is 0 Å². The van der Waals surface area contributed by atoms with Crippen LogP contribution in [0.4, 0.5) is 5.69 Å². The Balaban J connectivity index is 1.88. The number of nitrogens with zero attached hydrogens (tertiary/aromatic N) is 1. The normalized spacial score (nSPS) is 19.4. The Bertz CT molecular complexity index is 644. The third kappa shape index (κ3) is 1.94. The van der Waals surface area contributed by atoms with Gasteiger partial charge in [-0.25, -0.2) is 4.90 Å². The van der Waals surface area contributed by atoms with E-state index >= 15 is 0 Å². The highest BCUT2D eigenvalue weighted by atomic mass is 16.2. The molecule has 1 fully saturated rings. The molecule has 3 amide bonds. The summed E-state index contributed by atoms with van der Waals surface area (Å²) in [6.45, 7) is 0.393. The summed E-state index contributed by atoms with van der Waals surface area (Å²) in [6, 6.07) is 4.66. The molecule has 4 N–H and O–H groups in total. The first-order chi connectivity index (χ1) is 9.99. The van der Waals surface area contributed by atoms with Crippen LogP contribution in [0.25, 0.3) is 0 Å². The monoisotopic (exact) mass is 287 g/mol. The van der Waals surface area contributed by atoms with Crippen molar-refractivity contribution in [3.8, 4) is 0 Å². The smallest absolute Gasteiger partial charge is 0.270 e. The van der Waals surface area contributed by atoms with Gasteiger partial charge in [-0.1, -0.05) is 12.5 Å². The molecule has 110 valence electrons. The average Bonchev–Trinajstić information content (AvgIpc) is 2.67. The number of fused-ring (bicyclic) bond motifs is 1. The van der Waals surface area contributed by atoms with Crippen molar-refractivity contribution in [2.24, 2.45) is 11.1 Å². The lowest BCUT2D eigenvalue weighted by Gasteiger charge is -2.40. The highest BCUT2D eigenvalue weighted by Crippen LogP contribution is 2.43. The predicted octanol–water partition coefficient (Wildman–Crippen LogP) is 0.910. The van der Waals surface area contributed by atoms with Crippen molar-refractivity contribution in [3.63, 3.8) is 0 Å². The molecule has 1 aromatic carbocycles. The van der Waals surface area contributed by atoms with Crippen LogP contribution in [0.2, 0.25) is 0 Å². The van der Waals surface area contributed by atoms with Crippen LogP contribution in [-0.2, 0) is 4.79 Å². The SMILES string of the molecule is NCC1(CC(=O)N2C(=O)c3cccc(N)c3C2=O)CCC1. The van der Waals surface area contributed by atoms with Crippen molar-refractivity contribution in [3.05, 3.63) is 29.3 Å². The van der Waals surface area contributed by atoms with Crippen LogP contribution >= 0.6 is 0 Å². The first-order valence-electron chi connectivity index (χ1n) is 6.99. The minimum atomic E-state index is -0.621. The molecule has 0 radical (unpaired) electrons. The second-order valence-electron chi connectivity index (χ2n) is 5.84. The second-order valence-corrected chi connectivity index (χ2v) is 5.84. The maximum absolute atomic E-state index is 12.4. The zero-order valence-corrected chi connectivity index (χ0v) is 11.6. The number of carbonyl (C=O) groups excluding carboxylic acids is 3. The van der Waals surface area contributed by atoms with Crippen LogP contribution in [-0.4, -0.2) is 29.2 Å². The Labute approximate surface area is 122 Å². The first-order valence-corrected chi connectivity index (χ1v) is 6.99. The van der Waals surface area contributed by atoms with Gasteiger partial charge in [-0.05, 0) is 36.9 Å². The van der Waals surface area contributed by atoms with Gasteiger partial charge in [0.05, 0.1) is 11.1 Å². The number of hydrogen-bond acceptors (Lipinski definition) is 5. The number of nitrogen functional groups attached to an aromatic ring is 1. The molecule has 2 aliphatic rings. The van der Waals surface area contributed by atoms with Crippen LogP contribution in [0.1, 0.15) is 46.4 Å². The zero-order chi connectivity index (χ0) is 15.2. The van der Waals surface area contributed by atoms with E-state index in [-0.39, 0.29) is 28.7 Å². The summed E-state index contributed by atoms with van der Waals surface area (Å²) >= 11 is 0. The molecule has 0 spiro atoms. The molecule has 1 aromatic rings. The van der Waals surface area contributed by atoms with Gasteiger partial charge in [0.15, 0.2) is 0 Å². The lowest BCUT2D eigenvalue weighted by molar-refractivity contribution is -0.130. The molecule has 1 saturated carbocycles. The van der Waals surface area contributed by atoms with Crippen LogP contribution in [0.3, 0.4) is 0 Å². The molecular weight excluding hydrogens is 270 g/mol. The molecule has 6 heteroatoms. The Morgan fingerprint density at radius 1 is 1.24 bits per heavy atom. The van der Waals surface area contributed by atoms with E-state index in [0.717, 1.165) is 24.2 Å². The zero-order valence-electron chi connectivity index (χ0n) is 11.6. The van der Waals surface area contributed by atoms with Crippen molar-refractivity contribution in [2.45, 2.75) is 25.7 Å². The number of anilines is 1. The molecule has 1 aliphatic heterocycles. The van der Waals surface area contributed by atoms with Gasteiger partial charge >= 0.3 is 0 Å². The summed E-state index contributed by atoms with van der Waals surface area (Å²) in [7, 11) is 0. The van der Waals surface area contributed by atoms with Gasteiger partial charge < -0.3 is 11.5 Å². The van der Waals surface area contributed by atoms with Gasteiger partial charge in [0.1, 0.15) is 0 Å². The molecule has 0 bridgehead atoms. The number of imide groups is 3. The van der Waals surface area contributed by atoms with Gasteiger partial charge in [-0.3, -0.25) is 14.4 Å². The molecule has 21 heavy (non-hydrogen) atoms. The predicted molar refractivity (Wildman–Crippen MR) is 76.3 cm³/mol. The summed E-state index contributed by atoms with van der Waals surface area (Å²) in [6.07, 6.45) is 2.88. The van der Waals surface area contributed by atoms with E-state index in [1.165, 1.54) is 6.07 Å². The highest BCUT2D eigenvalue weighted by Gasteiger charge is 2.45. The molecule has 1 heterocycles. The maximum Gasteiger partial charge on any atom is 0.270 e. The standard InChI is InChI=1S/C15H17N3O3/c16-8-15(5-2-6-15)7-11(19)18-13(20)9-3-1-4-10(17)12(9)14(18)21/h1,3-4H,2,5-8,16-17H2. The summed E-state index contributed by atoms with van der Waals surface area (Å²) in [5.74, 6) is -1.69. The molecule has 0 atom stereocenters. The lowest BCUT2D eigenvalue weighted by atomic mass is 9.66. The number of nitrogens with two attached hydrogens (primary N) is 2. The van der Waals surface area contributed by atoms with E-state index in [1.807, 2.05) is 0 Å². The fraction of sp³-hybridized carbons (Fsp3) is 0.400. The molecule has 6 nitrogen and oxygen atoms in total. The largest absolute Gasteiger partial charge is 0.398 e. The minimum Gasteiger partial charge on any atom is -0.398 e. The number of hydrogen-bond donors (Lipinski definition) is 2. The van der Waals surface area contributed by atoms with Gasteiger partial charge in [0, 0.05) is 12.1 Å². The summed E-state index contributed by atoms with van der Waals surface area (Å²) in [5.41, 5.74) is 11.8. The fourth-order valence-electron chi connectivity index (χ4n) is 3.07. The maximum atomic E-state index is 12.4. The first kappa shape index (κ1) is 13.8. The van der Waals surface area contributed by atoms with E-state index in [4.69, 9.17) is 11.5 Å². The Morgan fingerprint density at radius 2 is 1.95 bits per heavy atom. The van der Waals surface area contributed by atoms with E-state index in [2.05, 4.69) is 0 Å². The minimum absolute atomic E-state index is 0.131. The summed E-state index contributed by atoms with van der Waals surface area (Å²) < 4.78 is 0. The van der Waals surface area contributed by atoms with Gasteiger partial charge in [0.25, 0.3) is 11.8 Å². The third-order valence-electron chi connectivity index (χ3n) is 4.57. The van der Waals surface area contributed by atoms with Crippen molar-refractivity contribution in [2.75, 3.05) is 12.3 Å². The number of rotatable bonds is 3. The van der Waals surface area contributed by atoms with Crippen molar-refractivity contribution >= 4 is 23.4 Å². The van der Waals surface area contributed by atoms with E-state index in [9.17, 15) is 14.4 Å². The van der Waals surface area contributed by atoms with Crippen molar-refractivity contribution in [1.82, 2.24) is 4.90 Å². The Hall–Kier alpha value is -2.21. The van der Waals surface area contributed by atoms with Gasteiger partial charge in [0.2, 0.25) is 5.91 Å². The van der Waals surface area contributed by atoms with Gasteiger partial charge in [-0.15, -0.1) is 0 Å². The Kier molecular flexibility index (Phi) is 3.06. The molecular formula is C15H17N3O3. The fourth-order valence-corrected chi connectivity index (χ4v) is 3.07. The van der Waals surface area contributed by atoms with E-state index in [0.29, 0.717) is 6.54 Å². The van der Waals surface area contributed by atoms with Crippen LogP contribution in [0.15, 0.2) is 18.2 Å². The third-order valence-corrected chi connectivity index (χ3v) is 4.57. The molecule has 0 aromatic heterocycles. The summed E-state index contributed by atoms with van der Waals surface area (Å²) in [4.78, 5) is 37.7. The average molecular weight is 287 g/mol. The highest BCUT2D eigenvalue weighted by molar-refractivity contribution is 6.30. The van der Waals surface area contributed by atoms with Crippen molar-refractivity contribution < 1.29 is 14.4 Å². The van der Waals surface area contributed by atoms with E-state index in [1.54, 1.807) is 12.1 Å². The number of carbonyl (C=O) groups is 3. The summed E-state index contributed by atoms with van der Waals surface area (Å²) in [5, 5.41) is 0. The molecule has 1 aliphatic carbocycles. The molecule has 3 rings (SSSR count). The number of amides is 3. The lowest BCUT2D eigenvalue weighted by Crippen LogP contribution is -2.45. The van der Waals surface area contributed by atoms with Crippen LogP contribution in [0.5, 0.6) is 0 Å². The van der Waals surface area contributed by atoms with E-state index < -0.39 is 17.7 Å². The van der Waals surface area contributed by atoms with Crippen molar-refractivity contribution in [1.29, 1.82) is 0 Å². The quantitative estimate of drug-likeness (QED) is 0.635. The van der Waals surface area contributed by atoms with Crippen LogP contribution in [0, 0.1) is 5.41 Å². The number of benzene rings is 1. The molecule has 0 unspecified atom stereocenters. The molecule has 0 saturated heterocycles. The Morgan fingerprint density at radius 3 is 2.48 bits per heavy atom.